The lowest BCUT2D eigenvalue weighted by Crippen LogP contribution is -2.30. The Labute approximate surface area is 206 Å². The summed E-state index contributed by atoms with van der Waals surface area (Å²) in [6.45, 7) is 6.17. The van der Waals surface area contributed by atoms with E-state index in [0.29, 0.717) is 5.11 Å². The van der Waals surface area contributed by atoms with Gasteiger partial charge in [0.15, 0.2) is 5.11 Å². The van der Waals surface area contributed by atoms with Gasteiger partial charge < -0.3 is 19.5 Å². The Bertz CT molecular complexity index is 1280. The van der Waals surface area contributed by atoms with Gasteiger partial charge in [0.1, 0.15) is 11.8 Å². The molecule has 0 spiro atoms. The second kappa shape index (κ2) is 9.31. The zero-order valence-corrected chi connectivity index (χ0v) is 20.4. The van der Waals surface area contributed by atoms with Crippen molar-refractivity contribution < 1.29 is 4.74 Å². The second-order valence-electron chi connectivity index (χ2n) is 8.80. The first-order valence-corrected chi connectivity index (χ1v) is 11.9. The number of nitrogens with one attached hydrogen (secondary N) is 1. The van der Waals surface area contributed by atoms with Crippen LogP contribution in [0.3, 0.4) is 0 Å². The maximum absolute atomic E-state index is 5.88. The zero-order chi connectivity index (χ0) is 23.7. The predicted octanol–water partition coefficient (Wildman–Crippen LogP) is 6.15. The molecule has 5 rings (SSSR count). The van der Waals surface area contributed by atoms with E-state index in [9.17, 15) is 0 Å². The molecule has 0 radical (unpaired) electrons. The number of thiocarbonyl (C=S) groups is 1. The Morgan fingerprint density at radius 2 is 1.76 bits per heavy atom. The van der Waals surface area contributed by atoms with Gasteiger partial charge in [0, 0.05) is 29.5 Å². The van der Waals surface area contributed by atoms with Crippen LogP contribution in [0.25, 0.3) is 5.69 Å². The van der Waals surface area contributed by atoms with Crippen LogP contribution in [0.4, 0.5) is 5.69 Å². The Hall–Kier alpha value is -3.64. The molecule has 34 heavy (non-hydrogen) atoms. The van der Waals surface area contributed by atoms with E-state index in [-0.39, 0.29) is 18.2 Å². The predicted molar refractivity (Wildman–Crippen MR) is 141 cm³/mol. The molecule has 3 heterocycles. The summed E-state index contributed by atoms with van der Waals surface area (Å²) < 4.78 is 8.10. The fourth-order valence-electron chi connectivity index (χ4n) is 4.54. The molecule has 0 aliphatic carbocycles. The van der Waals surface area contributed by atoms with Crippen molar-refractivity contribution in [2.75, 3.05) is 4.90 Å². The van der Waals surface area contributed by atoms with Crippen molar-refractivity contribution in [3.8, 4) is 11.4 Å². The van der Waals surface area contributed by atoms with Gasteiger partial charge in [-0.15, -0.1) is 0 Å². The highest BCUT2D eigenvalue weighted by atomic mass is 32.1. The maximum Gasteiger partial charge on any atom is 0.174 e. The number of benzene rings is 2. The summed E-state index contributed by atoms with van der Waals surface area (Å²) in [6.07, 6.45) is 4.06. The topological polar surface area (TPSA) is 42.3 Å². The van der Waals surface area contributed by atoms with E-state index in [1.54, 1.807) is 0 Å². The largest absolute Gasteiger partial charge is 0.491 e. The number of pyridine rings is 1. The zero-order valence-electron chi connectivity index (χ0n) is 19.6. The molecular weight excluding hydrogens is 440 g/mol. The fraction of sp³-hybridized carbons (Fsp3) is 0.214. The van der Waals surface area contributed by atoms with E-state index in [4.69, 9.17) is 17.0 Å². The van der Waals surface area contributed by atoms with E-state index in [1.807, 2.05) is 44.3 Å². The highest BCUT2D eigenvalue weighted by molar-refractivity contribution is 7.80. The number of aromatic nitrogens is 2. The highest BCUT2D eigenvalue weighted by Gasteiger charge is 2.42. The molecule has 2 aromatic carbocycles. The van der Waals surface area contributed by atoms with Crippen LogP contribution < -0.4 is 15.0 Å². The smallest absolute Gasteiger partial charge is 0.174 e. The second-order valence-corrected chi connectivity index (χ2v) is 9.19. The van der Waals surface area contributed by atoms with Crippen LogP contribution in [0.15, 0.2) is 91.3 Å². The van der Waals surface area contributed by atoms with Crippen LogP contribution >= 0.6 is 12.2 Å². The molecular formula is C28H28N4OS. The van der Waals surface area contributed by atoms with Crippen LogP contribution in [-0.2, 0) is 0 Å². The number of hydrogen-bond acceptors (Lipinski definition) is 3. The molecule has 1 aliphatic heterocycles. The molecule has 0 amide bonds. The molecule has 172 valence electrons. The standard InChI is InChI=1S/C28H28N4OS/c1-19(2)33-23-14-12-21(13-15-23)32-27(26(30-28(32)34)24-10-4-5-16-29-24)25-11-7-17-31(25)22-9-6-8-20(3)18-22/h4-19,26-27H,1-3H3,(H,30,34)/t26-,27+/m1/s1. The third-order valence-corrected chi connectivity index (χ3v) is 6.26. The first-order valence-electron chi connectivity index (χ1n) is 11.5. The number of aryl methyl sites for hydroxylation is 1. The van der Waals surface area contributed by atoms with Crippen molar-refractivity contribution in [1.82, 2.24) is 14.9 Å². The summed E-state index contributed by atoms with van der Waals surface area (Å²) in [4.78, 5) is 6.86. The molecule has 1 fully saturated rings. The molecule has 1 saturated heterocycles. The molecule has 5 nitrogen and oxygen atoms in total. The van der Waals surface area contributed by atoms with Gasteiger partial charge in [-0.1, -0.05) is 18.2 Å². The summed E-state index contributed by atoms with van der Waals surface area (Å²) in [7, 11) is 0. The van der Waals surface area contributed by atoms with Gasteiger partial charge in [-0.2, -0.15) is 0 Å². The number of rotatable bonds is 6. The number of ether oxygens (including phenoxy) is 1. The van der Waals surface area contributed by atoms with Gasteiger partial charge >= 0.3 is 0 Å². The molecule has 0 saturated carbocycles. The van der Waals surface area contributed by atoms with Crippen molar-refractivity contribution in [2.45, 2.75) is 39.0 Å². The van der Waals surface area contributed by atoms with Gasteiger partial charge in [0.2, 0.25) is 0 Å². The summed E-state index contributed by atoms with van der Waals surface area (Å²) in [6, 6.07) is 26.8. The molecule has 2 atom stereocenters. The first-order chi connectivity index (χ1) is 16.5. The highest BCUT2D eigenvalue weighted by Crippen LogP contribution is 2.42. The maximum atomic E-state index is 5.88. The molecule has 2 aromatic heterocycles. The lowest BCUT2D eigenvalue weighted by molar-refractivity contribution is 0.242. The van der Waals surface area contributed by atoms with Crippen molar-refractivity contribution in [1.29, 1.82) is 0 Å². The van der Waals surface area contributed by atoms with Gasteiger partial charge in [0.25, 0.3) is 0 Å². The minimum Gasteiger partial charge on any atom is -0.491 e. The van der Waals surface area contributed by atoms with Gasteiger partial charge in [-0.05, 0) is 99.2 Å². The van der Waals surface area contributed by atoms with Crippen LogP contribution in [0.2, 0.25) is 0 Å². The van der Waals surface area contributed by atoms with Gasteiger partial charge in [-0.25, -0.2) is 0 Å². The van der Waals surface area contributed by atoms with Crippen LogP contribution in [0.1, 0.15) is 42.9 Å². The first kappa shape index (κ1) is 22.2. The third-order valence-electron chi connectivity index (χ3n) is 5.95. The normalized spacial score (nSPS) is 17.8. The lowest BCUT2D eigenvalue weighted by Gasteiger charge is -2.29. The van der Waals surface area contributed by atoms with E-state index in [0.717, 1.165) is 28.5 Å². The van der Waals surface area contributed by atoms with E-state index in [2.05, 4.69) is 87.5 Å². The number of anilines is 1. The van der Waals surface area contributed by atoms with Crippen LogP contribution in [0, 0.1) is 6.92 Å². The minimum absolute atomic E-state index is 0.0882. The molecule has 1 N–H and O–H groups in total. The Morgan fingerprint density at radius 3 is 2.47 bits per heavy atom. The summed E-state index contributed by atoms with van der Waals surface area (Å²) in [5, 5.41) is 4.22. The fourth-order valence-corrected chi connectivity index (χ4v) is 4.88. The van der Waals surface area contributed by atoms with Crippen LogP contribution in [0.5, 0.6) is 5.75 Å². The summed E-state index contributed by atoms with van der Waals surface area (Å²) in [5.74, 6) is 0.845. The van der Waals surface area contributed by atoms with Gasteiger partial charge in [0.05, 0.1) is 17.8 Å². The Balaban J connectivity index is 1.61. The number of hydrogen-bond donors (Lipinski definition) is 1. The van der Waals surface area contributed by atoms with Crippen molar-refractivity contribution >= 4 is 23.0 Å². The number of nitrogens with zero attached hydrogens (tertiary/aromatic N) is 3. The van der Waals surface area contributed by atoms with Crippen molar-refractivity contribution in [3.05, 3.63) is 108 Å². The molecule has 1 aliphatic rings. The quantitative estimate of drug-likeness (QED) is 0.344. The molecule has 0 unspecified atom stereocenters. The molecule has 0 bridgehead atoms. The SMILES string of the molecule is Cc1cccc(-n2cccc2[C@H]2[C@@H](c3ccccn3)NC(=S)N2c2ccc(OC(C)C)cc2)c1. The summed E-state index contributed by atoms with van der Waals surface area (Å²) >= 11 is 5.88. The molecule has 4 aromatic rings. The van der Waals surface area contributed by atoms with Gasteiger partial charge in [-0.3, -0.25) is 4.98 Å². The molecule has 6 heteroatoms. The Morgan fingerprint density at radius 1 is 0.941 bits per heavy atom. The average molecular weight is 469 g/mol. The third kappa shape index (κ3) is 4.29. The van der Waals surface area contributed by atoms with E-state index in [1.165, 1.54) is 5.56 Å². The monoisotopic (exact) mass is 468 g/mol. The van der Waals surface area contributed by atoms with Crippen LogP contribution in [-0.4, -0.2) is 20.8 Å². The average Bonchev–Trinajstić information content (AvgIpc) is 3.44. The van der Waals surface area contributed by atoms with E-state index >= 15 is 0 Å². The van der Waals surface area contributed by atoms with E-state index < -0.39 is 0 Å². The Kier molecular flexibility index (Phi) is 6.07. The lowest BCUT2D eigenvalue weighted by atomic mass is 10.0. The van der Waals surface area contributed by atoms with Crippen molar-refractivity contribution in [3.63, 3.8) is 0 Å². The minimum atomic E-state index is -0.0984. The summed E-state index contributed by atoms with van der Waals surface area (Å²) in [5.41, 5.74) is 5.44. The van der Waals surface area contributed by atoms with Crippen molar-refractivity contribution in [2.24, 2.45) is 0 Å².